The summed E-state index contributed by atoms with van der Waals surface area (Å²) in [5.41, 5.74) is 5.94. The number of rotatable bonds is 7. The van der Waals surface area contributed by atoms with Crippen LogP contribution in [0, 0.1) is 0 Å². The fourth-order valence-corrected chi connectivity index (χ4v) is 3.40. The van der Waals surface area contributed by atoms with Gasteiger partial charge in [-0.2, -0.15) is 0 Å². The molecule has 0 spiro atoms. The third-order valence-electron chi connectivity index (χ3n) is 5.03. The summed E-state index contributed by atoms with van der Waals surface area (Å²) in [6, 6.07) is 29.7. The molecule has 0 amide bonds. The molecular weight excluding hydrogens is 342 g/mol. The van der Waals surface area contributed by atoms with Crippen LogP contribution >= 0.6 is 0 Å². The van der Waals surface area contributed by atoms with Gasteiger partial charge in [-0.05, 0) is 28.7 Å². The Kier molecular flexibility index (Phi) is 5.64. The van der Waals surface area contributed by atoms with Crippen LogP contribution in [0.3, 0.4) is 0 Å². The summed E-state index contributed by atoms with van der Waals surface area (Å²) in [7, 11) is 0. The summed E-state index contributed by atoms with van der Waals surface area (Å²) in [6.45, 7) is 3.01. The Hall–Kier alpha value is -3.17. The number of benzene rings is 3. The van der Waals surface area contributed by atoms with E-state index in [2.05, 4.69) is 95.0 Å². The minimum absolute atomic E-state index is 0.206. The van der Waals surface area contributed by atoms with Gasteiger partial charge < -0.3 is 10.3 Å². The van der Waals surface area contributed by atoms with Crippen molar-refractivity contribution in [3.05, 3.63) is 103 Å². The Morgan fingerprint density at radius 1 is 0.786 bits per heavy atom. The average molecular weight is 367 g/mol. The van der Waals surface area contributed by atoms with Gasteiger partial charge in [0.2, 0.25) is 0 Å². The summed E-state index contributed by atoms with van der Waals surface area (Å²) in [4.78, 5) is 8.14. The fourth-order valence-electron chi connectivity index (χ4n) is 3.40. The van der Waals surface area contributed by atoms with E-state index in [1.807, 2.05) is 18.3 Å². The molecule has 140 valence electrons. The SMILES string of the molecule is CC[C@H](NCc1ccccc1)c1ncc(-c2ccc(-c3ccccc3)cc2)[nH]1. The molecule has 0 radical (unpaired) electrons. The van der Waals surface area contributed by atoms with Crippen LogP contribution < -0.4 is 5.32 Å². The molecule has 4 aromatic rings. The molecule has 1 atom stereocenters. The lowest BCUT2D eigenvalue weighted by Crippen LogP contribution is -2.21. The molecule has 0 aliphatic heterocycles. The first-order chi connectivity index (χ1) is 13.8. The van der Waals surface area contributed by atoms with Crippen LogP contribution in [0.4, 0.5) is 0 Å². The standard InChI is InChI=1S/C25H25N3/c1-2-23(26-17-19-9-5-3-6-10-19)25-27-18-24(28-25)22-15-13-21(14-16-22)20-11-7-4-8-12-20/h3-16,18,23,26H,2,17H2,1H3,(H,27,28)/t23-/m0/s1. The second kappa shape index (κ2) is 8.68. The zero-order chi connectivity index (χ0) is 19.2. The molecule has 4 rings (SSSR count). The summed E-state index contributed by atoms with van der Waals surface area (Å²) in [5.74, 6) is 0.987. The van der Waals surface area contributed by atoms with Crippen molar-refractivity contribution in [2.24, 2.45) is 0 Å². The van der Waals surface area contributed by atoms with E-state index in [9.17, 15) is 0 Å². The Morgan fingerprint density at radius 3 is 2.07 bits per heavy atom. The van der Waals surface area contributed by atoms with Crippen molar-refractivity contribution in [1.82, 2.24) is 15.3 Å². The predicted molar refractivity (Wildman–Crippen MR) is 116 cm³/mol. The van der Waals surface area contributed by atoms with E-state index in [-0.39, 0.29) is 6.04 Å². The van der Waals surface area contributed by atoms with E-state index in [0.29, 0.717) is 0 Å². The molecule has 28 heavy (non-hydrogen) atoms. The fraction of sp³-hybridized carbons (Fsp3) is 0.160. The van der Waals surface area contributed by atoms with Crippen molar-refractivity contribution < 1.29 is 0 Å². The van der Waals surface area contributed by atoms with E-state index in [4.69, 9.17) is 0 Å². The maximum atomic E-state index is 4.64. The molecule has 0 saturated heterocycles. The van der Waals surface area contributed by atoms with Gasteiger partial charge in [0.1, 0.15) is 5.82 Å². The Morgan fingerprint density at radius 2 is 1.39 bits per heavy atom. The van der Waals surface area contributed by atoms with Gasteiger partial charge in [0.25, 0.3) is 0 Å². The van der Waals surface area contributed by atoms with Crippen LogP contribution in [-0.2, 0) is 6.54 Å². The van der Waals surface area contributed by atoms with Gasteiger partial charge in [0.15, 0.2) is 0 Å². The van der Waals surface area contributed by atoms with Gasteiger partial charge in [-0.25, -0.2) is 4.98 Å². The highest BCUT2D eigenvalue weighted by Crippen LogP contribution is 2.25. The lowest BCUT2D eigenvalue weighted by atomic mass is 10.0. The Bertz CT molecular complexity index is 989. The average Bonchev–Trinajstić information content (AvgIpc) is 3.26. The van der Waals surface area contributed by atoms with Gasteiger partial charge in [0.05, 0.1) is 17.9 Å². The first-order valence-corrected chi connectivity index (χ1v) is 9.81. The number of aromatic amines is 1. The van der Waals surface area contributed by atoms with Gasteiger partial charge in [-0.3, -0.25) is 0 Å². The second-order valence-corrected chi connectivity index (χ2v) is 6.95. The molecule has 3 aromatic carbocycles. The molecule has 0 saturated carbocycles. The number of H-pyrrole nitrogens is 1. The van der Waals surface area contributed by atoms with E-state index < -0.39 is 0 Å². The monoisotopic (exact) mass is 367 g/mol. The first kappa shape index (κ1) is 18.2. The number of nitrogens with zero attached hydrogens (tertiary/aromatic N) is 1. The summed E-state index contributed by atoms with van der Waals surface area (Å²) in [6.07, 6.45) is 2.91. The molecule has 1 aromatic heterocycles. The molecule has 0 fully saturated rings. The molecule has 3 nitrogen and oxygen atoms in total. The topological polar surface area (TPSA) is 40.7 Å². The molecule has 0 aliphatic rings. The van der Waals surface area contributed by atoms with Gasteiger partial charge in [0, 0.05) is 6.54 Å². The van der Waals surface area contributed by atoms with E-state index in [1.54, 1.807) is 0 Å². The van der Waals surface area contributed by atoms with Crippen molar-refractivity contribution in [3.63, 3.8) is 0 Å². The molecule has 1 heterocycles. The molecule has 0 unspecified atom stereocenters. The summed E-state index contributed by atoms with van der Waals surface area (Å²) >= 11 is 0. The Balaban J connectivity index is 1.47. The quantitative estimate of drug-likeness (QED) is 0.421. The van der Waals surface area contributed by atoms with Crippen LogP contribution in [-0.4, -0.2) is 9.97 Å². The van der Waals surface area contributed by atoms with Gasteiger partial charge >= 0.3 is 0 Å². The predicted octanol–water partition coefficient (Wildman–Crippen LogP) is 5.98. The number of hydrogen-bond donors (Lipinski definition) is 2. The second-order valence-electron chi connectivity index (χ2n) is 6.95. The van der Waals surface area contributed by atoms with Crippen molar-refractivity contribution in [1.29, 1.82) is 0 Å². The molecular formula is C25H25N3. The van der Waals surface area contributed by atoms with Crippen LogP contribution in [0.1, 0.15) is 30.8 Å². The van der Waals surface area contributed by atoms with Crippen molar-refractivity contribution >= 4 is 0 Å². The Labute approximate surface area is 166 Å². The number of imidazole rings is 1. The smallest absolute Gasteiger partial charge is 0.123 e. The lowest BCUT2D eigenvalue weighted by molar-refractivity contribution is 0.498. The van der Waals surface area contributed by atoms with Crippen molar-refractivity contribution in [2.75, 3.05) is 0 Å². The maximum Gasteiger partial charge on any atom is 0.123 e. The minimum atomic E-state index is 0.206. The van der Waals surface area contributed by atoms with Crippen LogP contribution in [0.2, 0.25) is 0 Å². The third kappa shape index (κ3) is 4.21. The van der Waals surface area contributed by atoms with Crippen LogP contribution in [0.25, 0.3) is 22.4 Å². The van der Waals surface area contributed by atoms with E-state index in [0.717, 1.165) is 30.0 Å². The zero-order valence-corrected chi connectivity index (χ0v) is 16.1. The van der Waals surface area contributed by atoms with Gasteiger partial charge in [-0.1, -0.05) is 91.9 Å². The van der Waals surface area contributed by atoms with Crippen LogP contribution in [0.5, 0.6) is 0 Å². The van der Waals surface area contributed by atoms with Gasteiger partial charge in [-0.15, -0.1) is 0 Å². The largest absolute Gasteiger partial charge is 0.341 e. The number of aromatic nitrogens is 2. The normalized spacial score (nSPS) is 12.0. The lowest BCUT2D eigenvalue weighted by Gasteiger charge is -2.14. The number of hydrogen-bond acceptors (Lipinski definition) is 2. The van der Waals surface area contributed by atoms with Crippen LogP contribution in [0.15, 0.2) is 91.1 Å². The highest BCUT2D eigenvalue weighted by Gasteiger charge is 2.13. The maximum absolute atomic E-state index is 4.64. The molecule has 0 bridgehead atoms. The molecule has 3 heteroatoms. The third-order valence-corrected chi connectivity index (χ3v) is 5.03. The molecule has 2 N–H and O–H groups in total. The minimum Gasteiger partial charge on any atom is -0.341 e. The highest BCUT2D eigenvalue weighted by molar-refractivity contribution is 5.68. The van der Waals surface area contributed by atoms with Crippen molar-refractivity contribution in [3.8, 4) is 22.4 Å². The zero-order valence-electron chi connectivity index (χ0n) is 16.1. The highest BCUT2D eigenvalue weighted by atomic mass is 15.0. The molecule has 0 aliphatic carbocycles. The number of nitrogens with one attached hydrogen (secondary N) is 2. The van der Waals surface area contributed by atoms with Crippen molar-refractivity contribution in [2.45, 2.75) is 25.9 Å². The first-order valence-electron chi connectivity index (χ1n) is 9.81. The van der Waals surface area contributed by atoms with E-state index in [1.165, 1.54) is 16.7 Å². The summed E-state index contributed by atoms with van der Waals surface area (Å²) < 4.78 is 0. The van der Waals surface area contributed by atoms with E-state index >= 15 is 0 Å². The summed E-state index contributed by atoms with van der Waals surface area (Å²) in [5, 5.41) is 3.60.